The number of unbranched alkanes of at least 4 members (excludes halogenated alkanes) is 1. The molecule has 1 aromatic rings. The molecule has 0 radical (unpaired) electrons. The molecule has 2 fully saturated rings. The molecule has 6 nitrogen and oxygen atoms in total. The summed E-state index contributed by atoms with van der Waals surface area (Å²) in [6.45, 7) is 4.53. The van der Waals surface area contributed by atoms with Crippen LogP contribution < -0.4 is 4.74 Å². The molecule has 1 N–H and O–H groups in total. The summed E-state index contributed by atoms with van der Waals surface area (Å²) in [4.78, 5) is 14.3. The van der Waals surface area contributed by atoms with Crippen LogP contribution in [0, 0.1) is 5.41 Å². The van der Waals surface area contributed by atoms with Crippen LogP contribution in [0.1, 0.15) is 51.0 Å². The Morgan fingerprint density at radius 1 is 1.25 bits per heavy atom. The highest BCUT2D eigenvalue weighted by Gasteiger charge is 2.52. The number of hydrogen-bond acceptors (Lipinski definition) is 5. The summed E-state index contributed by atoms with van der Waals surface area (Å²) in [7, 11) is 1.64. The van der Waals surface area contributed by atoms with Crippen molar-refractivity contribution in [3.8, 4) is 5.75 Å². The molecule has 1 aliphatic heterocycles. The second-order valence-corrected chi connectivity index (χ2v) is 8.35. The lowest BCUT2D eigenvalue weighted by molar-refractivity contribution is -0.0845. The Kier molecular flexibility index (Phi) is 6.83. The maximum absolute atomic E-state index is 12.6. The number of ether oxygens (including phenoxy) is 3. The van der Waals surface area contributed by atoms with Crippen LogP contribution in [0.5, 0.6) is 5.75 Å². The van der Waals surface area contributed by atoms with Crippen LogP contribution in [0.4, 0.5) is 4.79 Å². The highest BCUT2D eigenvalue weighted by molar-refractivity contribution is 5.70. The van der Waals surface area contributed by atoms with E-state index in [4.69, 9.17) is 14.2 Å². The van der Waals surface area contributed by atoms with E-state index in [1.807, 2.05) is 24.3 Å². The lowest BCUT2D eigenvalue weighted by Crippen LogP contribution is -2.48. The second-order valence-electron chi connectivity index (χ2n) is 8.35. The van der Waals surface area contributed by atoms with Crippen LogP contribution in [0.2, 0.25) is 0 Å². The quantitative estimate of drug-likeness (QED) is 0.649. The van der Waals surface area contributed by atoms with Gasteiger partial charge in [-0.15, -0.1) is 0 Å². The zero-order chi connectivity index (χ0) is 20.0. The van der Waals surface area contributed by atoms with E-state index in [2.05, 4.69) is 6.92 Å². The fraction of sp³-hybridized carbons (Fsp3) is 0.682. The van der Waals surface area contributed by atoms with Gasteiger partial charge in [-0.25, -0.2) is 4.79 Å². The van der Waals surface area contributed by atoms with Gasteiger partial charge < -0.3 is 19.3 Å². The molecule has 6 heteroatoms. The van der Waals surface area contributed by atoms with Gasteiger partial charge in [-0.3, -0.25) is 4.90 Å². The predicted molar refractivity (Wildman–Crippen MR) is 106 cm³/mol. The van der Waals surface area contributed by atoms with Crippen molar-refractivity contribution < 1.29 is 24.1 Å². The molecule has 2 atom stereocenters. The van der Waals surface area contributed by atoms with Crippen LogP contribution in [0.3, 0.4) is 0 Å². The maximum Gasteiger partial charge on any atom is 0.410 e. The zero-order valence-electron chi connectivity index (χ0n) is 17.1. The van der Waals surface area contributed by atoms with Crippen LogP contribution in [-0.4, -0.2) is 55.2 Å². The Morgan fingerprint density at radius 2 is 2.04 bits per heavy atom. The van der Waals surface area contributed by atoms with Crippen LogP contribution in [0.15, 0.2) is 24.3 Å². The predicted octanol–water partition coefficient (Wildman–Crippen LogP) is 3.76. The van der Waals surface area contributed by atoms with E-state index in [0.29, 0.717) is 32.7 Å². The molecule has 1 aromatic carbocycles. The average Bonchev–Trinajstić information content (AvgIpc) is 3.00. The summed E-state index contributed by atoms with van der Waals surface area (Å²) in [6, 6.07) is 7.74. The molecule has 2 unspecified atom stereocenters. The molecule has 0 bridgehead atoms. The van der Waals surface area contributed by atoms with Gasteiger partial charge >= 0.3 is 6.09 Å². The monoisotopic (exact) mass is 391 g/mol. The standard InChI is InChI=1S/C22H33NO5/c1-3-4-12-27-17-21(16-24)10-5-11-22(14-21)15-23(20(25)28-22)13-18-6-8-19(26-2)9-7-18/h6-9,24H,3-5,10-17H2,1-2H3. The van der Waals surface area contributed by atoms with E-state index < -0.39 is 5.60 Å². The summed E-state index contributed by atoms with van der Waals surface area (Å²) in [6.07, 6.45) is 5.19. The minimum Gasteiger partial charge on any atom is -0.497 e. The average molecular weight is 392 g/mol. The summed E-state index contributed by atoms with van der Waals surface area (Å²) < 4.78 is 16.9. The van der Waals surface area contributed by atoms with Gasteiger partial charge in [0.1, 0.15) is 11.4 Å². The molecule has 156 valence electrons. The first-order valence-electron chi connectivity index (χ1n) is 10.3. The van der Waals surface area contributed by atoms with Crippen molar-refractivity contribution in [2.75, 3.05) is 33.5 Å². The molecular weight excluding hydrogens is 358 g/mol. The van der Waals surface area contributed by atoms with Crippen LogP contribution in [0.25, 0.3) is 0 Å². The number of amides is 1. The van der Waals surface area contributed by atoms with Gasteiger partial charge in [0.05, 0.1) is 26.9 Å². The summed E-state index contributed by atoms with van der Waals surface area (Å²) in [5.41, 5.74) is 0.211. The van der Waals surface area contributed by atoms with Crippen molar-refractivity contribution in [1.29, 1.82) is 0 Å². The summed E-state index contributed by atoms with van der Waals surface area (Å²) in [5, 5.41) is 10.1. The second kappa shape index (κ2) is 9.14. The minimum absolute atomic E-state index is 0.0664. The van der Waals surface area contributed by atoms with Gasteiger partial charge in [0.15, 0.2) is 0 Å². The van der Waals surface area contributed by atoms with Crippen LogP contribution in [-0.2, 0) is 16.0 Å². The van der Waals surface area contributed by atoms with E-state index in [-0.39, 0.29) is 18.1 Å². The van der Waals surface area contributed by atoms with Gasteiger partial charge in [-0.05, 0) is 49.8 Å². The maximum atomic E-state index is 12.6. The smallest absolute Gasteiger partial charge is 0.410 e. The van der Waals surface area contributed by atoms with Crippen molar-refractivity contribution in [2.24, 2.45) is 5.41 Å². The van der Waals surface area contributed by atoms with E-state index >= 15 is 0 Å². The van der Waals surface area contributed by atoms with Gasteiger partial charge in [-0.2, -0.15) is 0 Å². The Hall–Kier alpha value is -1.79. The van der Waals surface area contributed by atoms with Crippen molar-refractivity contribution in [1.82, 2.24) is 4.90 Å². The minimum atomic E-state index is -0.515. The first-order valence-corrected chi connectivity index (χ1v) is 10.3. The number of rotatable bonds is 9. The number of carbonyl (C=O) groups excluding carboxylic acids is 1. The van der Waals surface area contributed by atoms with Crippen molar-refractivity contribution in [3.63, 3.8) is 0 Å². The molecule has 28 heavy (non-hydrogen) atoms. The van der Waals surface area contributed by atoms with Crippen LogP contribution >= 0.6 is 0 Å². The topological polar surface area (TPSA) is 68.2 Å². The molecule has 1 saturated heterocycles. The normalized spacial score (nSPS) is 27.2. The fourth-order valence-corrected chi connectivity index (χ4v) is 4.47. The number of aliphatic hydroxyl groups excluding tert-OH is 1. The van der Waals surface area contributed by atoms with Gasteiger partial charge in [0, 0.05) is 18.6 Å². The van der Waals surface area contributed by atoms with E-state index in [0.717, 1.165) is 43.4 Å². The Labute approximate surface area is 167 Å². The summed E-state index contributed by atoms with van der Waals surface area (Å²) in [5.74, 6) is 0.798. The third kappa shape index (κ3) is 4.78. The van der Waals surface area contributed by atoms with Gasteiger partial charge in [-0.1, -0.05) is 25.5 Å². The molecule has 2 aliphatic rings. The molecular formula is C22H33NO5. The molecule has 1 saturated carbocycles. The first kappa shape index (κ1) is 20.9. The molecule has 1 aliphatic carbocycles. The third-order valence-corrected chi connectivity index (χ3v) is 6.00. The van der Waals surface area contributed by atoms with Gasteiger partial charge in [0.25, 0.3) is 0 Å². The number of benzene rings is 1. The van der Waals surface area contributed by atoms with Gasteiger partial charge in [0.2, 0.25) is 0 Å². The number of methoxy groups -OCH3 is 1. The Morgan fingerprint density at radius 3 is 2.71 bits per heavy atom. The van der Waals surface area contributed by atoms with Crippen molar-refractivity contribution >= 4 is 6.09 Å². The Bertz CT molecular complexity index is 649. The largest absolute Gasteiger partial charge is 0.497 e. The molecule has 3 rings (SSSR count). The van der Waals surface area contributed by atoms with E-state index in [1.54, 1.807) is 12.0 Å². The third-order valence-electron chi connectivity index (χ3n) is 6.00. The number of aliphatic hydroxyl groups is 1. The van der Waals surface area contributed by atoms with Crippen molar-refractivity contribution in [2.45, 2.75) is 57.6 Å². The molecule has 1 spiro atoms. The number of nitrogens with zero attached hydrogens (tertiary/aromatic N) is 1. The highest BCUT2D eigenvalue weighted by atomic mass is 16.6. The fourth-order valence-electron chi connectivity index (χ4n) is 4.47. The SMILES string of the molecule is CCCCOCC1(CO)CCCC2(CN(Cc3ccc(OC)cc3)C(=O)O2)C1. The lowest BCUT2D eigenvalue weighted by atomic mass is 9.68. The summed E-state index contributed by atoms with van der Waals surface area (Å²) >= 11 is 0. The van der Waals surface area contributed by atoms with Crippen molar-refractivity contribution in [3.05, 3.63) is 29.8 Å². The van der Waals surface area contributed by atoms with E-state index in [9.17, 15) is 9.90 Å². The molecule has 1 heterocycles. The number of hydrogen-bond donors (Lipinski definition) is 1. The zero-order valence-corrected chi connectivity index (χ0v) is 17.1. The van der Waals surface area contributed by atoms with E-state index in [1.165, 1.54) is 0 Å². The molecule has 0 aromatic heterocycles. The number of carbonyl (C=O) groups is 1. The highest BCUT2D eigenvalue weighted by Crippen LogP contribution is 2.46. The first-order chi connectivity index (χ1) is 13.5. The molecule has 1 amide bonds. The Balaban J connectivity index is 1.63. The lowest BCUT2D eigenvalue weighted by Gasteiger charge is -2.43.